The van der Waals surface area contributed by atoms with Gasteiger partial charge in [-0.05, 0) is 36.5 Å². The van der Waals surface area contributed by atoms with Crippen molar-refractivity contribution in [2.75, 3.05) is 0 Å². The Hall–Kier alpha value is -2.90. The van der Waals surface area contributed by atoms with Crippen LogP contribution in [0.3, 0.4) is 0 Å². The quantitative estimate of drug-likeness (QED) is 0.639. The number of allylic oxidation sites excluding steroid dienone is 6. The van der Waals surface area contributed by atoms with E-state index in [1.807, 2.05) is 32.9 Å². The molecule has 0 radical (unpaired) electrons. The standard InChI is InChI=1S/C21H18N2O2/c1-5-21-7-6-16-19(2,3)18(25)14(12-23)9-20(16,4)17(21)8-15(24)13(10-21)11-22/h1,8-10,16H,6-7H2,2-4H3/t16-,20-,21?/m0/s1. The van der Waals surface area contributed by atoms with Gasteiger partial charge in [0.25, 0.3) is 0 Å². The molecule has 0 bridgehead atoms. The van der Waals surface area contributed by atoms with E-state index in [1.165, 1.54) is 6.08 Å². The van der Waals surface area contributed by atoms with Crippen molar-refractivity contribution >= 4 is 11.6 Å². The first-order valence-electron chi connectivity index (χ1n) is 8.22. The molecule has 3 atom stereocenters. The number of hydrogen-bond donors (Lipinski definition) is 0. The lowest BCUT2D eigenvalue weighted by molar-refractivity contribution is -0.130. The van der Waals surface area contributed by atoms with E-state index >= 15 is 0 Å². The van der Waals surface area contributed by atoms with Crippen molar-refractivity contribution in [3.8, 4) is 24.5 Å². The van der Waals surface area contributed by atoms with Gasteiger partial charge >= 0.3 is 0 Å². The molecule has 0 aromatic heterocycles. The predicted molar refractivity (Wildman–Crippen MR) is 91.4 cm³/mol. The van der Waals surface area contributed by atoms with Crippen LogP contribution in [-0.2, 0) is 9.59 Å². The van der Waals surface area contributed by atoms with E-state index in [-0.39, 0.29) is 28.6 Å². The fourth-order valence-corrected chi connectivity index (χ4v) is 4.96. The molecular weight excluding hydrogens is 312 g/mol. The summed E-state index contributed by atoms with van der Waals surface area (Å²) in [5.41, 5.74) is -1.34. The highest BCUT2D eigenvalue weighted by molar-refractivity contribution is 6.09. The van der Waals surface area contributed by atoms with Crippen molar-refractivity contribution in [3.05, 3.63) is 34.9 Å². The molecule has 0 aromatic carbocycles. The van der Waals surface area contributed by atoms with Crippen molar-refractivity contribution in [1.82, 2.24) is 0 Å². The van der Waals surface area contributed by atoms with Gasteiger partial charge < -0.3 is 0 Å². The van der Waals surface area contributed by atoms with Gasteiger partial charge in [-0.25, -0.2) is 0 Å². The van der Waals surface area contributed by atoms with Crippen LogP contribution >= 0.6 is 0 Å². The molecule has 25 heavy (non-hydrogen) atoms. The molecule has 124 valence electrons. The monoisotopic (exact) mass is 330 g/mol. The van der Waals surface area contributed by atoms with Crippen molar-refractivity contribution in [1.29, 1.82) is 10.5 Å². The molecule has 3 aliphatic rings. The SMILES string of the molecule is C#CC12C=C(C#N)C(=O)C=C1[C@@]1(C)C=C(C#N)C(=O)C(C)(C)[C@@H]1CC2. The Morgan fingerprint density at radius 2 is 1.76 bits per heavy atom. The summed E-state index contributed by atoms with van der Waals surface area (Å²) in [5.74, 6) is 2.19. The highest BCUT2D eigenvalue weighted by Gasteiger charge is 2.59. The zero-order valence-corrected chi connectivity index (χ0v) is 14.5. The van der Waals surface area contributed by atoms with Crippen LogP contribution in [0.25, 0.3) is 0 Å². The van der Waals surface area contributed by atoms with Crippen LogP contribution in [0, 0.1) is 57.2 Å². The van der Waals surface area contributed by atoms with Crippen molar-refractivity contribution < 1.29 is 9.59 Å². The van der Waals surface area contributed by atoms with Gasteiger partial charge in [-0.2, -0.15) is 10.5 Å². The summed E-state index contributed by atoms with van der Waals surface area (Å²) in [6, 6.07) is 3.93. The van der Waals surface area contributed by atoms with Gasteiger partial charge in [-0.1, -0.05) is 32.8 Å². The number of carbonyl (C=O) groups is 2. The van der Waals surface area contributed by atoms with Gasteiger partial charge in [0.2, 0.25) is 0 Å². The fourth-order valence-electron chi connectivity index (χ4n) is 4.96. The summed E-state index contributed by atoms with van der Waals surface area (Å²) in [5, 5.41) is 18.6. The molecule has 1 unspecified atom stereocenters. The largest absolute Gasteiger partial charge is 0.293 e. The van der Waals surface area contributed by atoms with Crippen molar-refractivity contribution in [2.24, 2.45) is 22.2 Å². The molecule has 0 aromatic rings. The van der Waals surface area contributed by atoms with E-state index in [2.05, 4.69) is 5.92 Å². The normalized spacial score (nSPS) is 35.7. The van der Waals surface area contributed by atoms with Gasteiger partial charge in [-0.3, -0.25) is 9.59 Å². The molecule has 0 amide bonds. The maximum atomic E-state index is 12.7. The van der Waals surface area contributed by atoms with Crippen LogP contribution in [0.2, 0.25) is 0 Å². The second-order valence-electron chi connectivity index (χ2n) is 7.80. The smallest absolute Gasteiger partial charge is 0.196 e. The summed E-state index contributed by atoms with van der Waals surface area (Å²) in [4.78, 5) is 25.0. The zero-order chi connectivity index (χ0) is 18.6. The lowest BCUT2D eigenvalue weighted by Gasteiger charge is -2.56. The topological polar surface area (TPSA) is 81.7 Å². The molecule has 1 fully saturated rings. The number of nitriles is 2. The first-order valence-corrected chi connectivity index (χ1v) is 8.22. The van der Waals surface area contributed by atoms with Crippen LogP contribution in [0.5, 0.6) is 0 Å². The van der Waals surface area contributed by atoms with E-state index in [0.717, 1.165) is 5.57 Å². The summed E-state index contributed by atoms with van der Waals surface area (Å²) < 4.78 is 0. The van der Waals surface area contributed by atoms with Gasteiger partial charge in [0.15, 0.2) is 11.6 Å². The molecule has 0 heterocycles. The third-order valence-corrected chi connectivity index (χ3v) is 6.19. The lowest BCUT2D eigenvalue weighted by Crippen LogP contribution is -2.53. The number of terminal acetylenes is 1. The number of nitrogens with zero attached hydrogens (tertiary/aromatic N) is 2. The molecular formula is C21H18N2O2. The molecule has 3 aliphatic carbocycles. The van der Waals surface area contributed by atoms with Crippen LogP contribution in [0.1, 0.15) is 33.6 Å². The minimum Gasteiger partial charge on any atom is -0.293 e. The summed E-state index contributed by atoms with van der Waals surface area (Å²) >= 11 is 0. The van der Waals surface area contributed by atoms with Crippen LogP contribution in [-0.4, -0.2) is 11.6 Å². The van der Waals surface area contributed by atoms with E-state index in [9.17, 15) is 20.1 Å². The Balaban J connectivity index is 2.31. The van der Waals surface area contributed by atoms with Crippen LogP contribution in [0.15, 0.2) is 34.9 Å². The Morgan fingerprint density at radius 3 is 2.32 bits per heavy atom. The summed E-state index contributed by atoms with van der Waals surface area (Å²) in [6.45, 7) is 5.65. The third-order valence-electron chi connectivity index (χ3n) is 6.19. The second-order valence-corrected chi connectivity index (χ2v) is 7.80. The Labute approximate surface area is 147 Å². The van der Waals surface area contributed by atoms with E-state index < -0.39 is 16.2 Å². The highest BCUT2D eigenvalue weighted by atomic mass is 16.1. The number of ketones is 2. The maximum Gasteiger partial charge on any atom is 0.196 e. The highest BCUT2D eigenvalue weighted by Crippen LogP contribution is 2.63. The molecule has 3 rings (SSSR count). The Morgan fingerprint density at radius 1 is 1.12 bits per heavy atom. The number of Topliss-reactive ketones (excluding diaryl/α,β-unsaturated/α-hetero) is 1. The average Bonchev–Trinajstić information content (AvgIpc) is 2.58. The van der Waals surface area contributed by atoms with E-state index in [0.29, 0.717) is 12.8 Å². The third kappa shape index (κ3) is 2.00. The van der Waals surface area contributed by atoms with Gasteiger partial charge in [0.05, 0.1) is 16.6 Å². The van der Waals surface area contributed by atoms with Gasteiger partial charge in [-0.15, -0.1) is 6.42 Å². The van der Waals surface area contributed by atoms with E-state index in [1.54, 1.807) is 12.2 Å². The molecule has 1 saturated carbocycles. The number of hydrogen-bond acceptors (Lipinski definition) is 4. The zero-order valence-electron chi connectivity index (χ0n) is 14.5. The molecule has 0 N–H and O–H groups in total. The van der Waals surface area contributed by atoms with Crippen LogP contribution < -0.4 is 0 Å². The maximum absolute atomic E-state index is 12.7. The summed E-state index contributed by atoms with van der Waals surface area (Å²) in [6.07, 6.45) is 11.8. The van der Waals surface area contributed by atoms with Crippen LogP contribution in [0.4, 0.5) is 0 Å². The predicted octanol–water partition coefficient (Wildman–Crippen LogP) is 3.04. The molecule has 0 saturated heterocycles. The first-order chi connectivity index (χ1) is 11.7. The molecule has 4 nitrogen and oxygen atoms in total. The Kier molecular flexibility index (Phi) is 3.42. The average molecular weight is 330 g/mol. The van der Waals surface area contributed by atoms with Crippen molar-refractivity contribution in [3.63, 3.8) is 0 Å². The minimum absolute atomic E-state index is 0.0550. The lowest BCUT2D eigenvalue weighted by atomic mass is 9.45. The van der Waals surface area contributed by atoms with Gasteiger partial charge in [0, 0.05) is 10.8 Å². The molecule has 0 spiro atoms. The summed E-state index contributed by atoms with van der Waals surface area (Å²) in [7, 11) is 0. The van der Waals surface area contributed by atoms with Gasteiger partial charge in [0.1, 0.15) is 12.1 Å². The second kappa shape index (κ2) is 5.05. The molecule has 4 heteroatoms. The van der Waals surface area contributed by atoms with Crippen molar-refractivity contribution in [2.45, 2.75) is 33.6 Å². The number of fused-ring (bicyclic) bond motifs is 3. The molecule has 0 aliphatic heterocycles. The number of rotatable bonds is 0. The Bertz CT molecular complexity index is 926. The first kappa shape index (κ1) is 16.9. The van der Waals surface area contributed by atoms with E-state index in [4.69, 9.17) is 6.42 Å². The fraction of sp³-hybridized carbons (Fsp3) is 0.429. The number of carbonyl (C=O) groups excluding carboxylic acids is 2. The minimum atomic E-state index is -0.822.